The summed E-state index contributed by atoms with van der Waals surface area (Å²) in [6, 6.07) is 7.73. The molecule has 0 aliphatic heterocycles. The molecule has 0 saturated carbocycles. The van der Waals surface area contributed by atoms with Crippen LogP contribution in [-0.2, 0) is 12.8 Å². The number of anilines is 1. The molecular weight excluding hydrogens is 316 g/mol. The van der Waals surface area contributed by atoms with Gasteiger partial charge in [-0.15, -0.1) is 0 Å². The first-order valence-electron chi connectivity index (χ1n) is 8.59. The summed E-state index contributed by atoms with van der Waals surface area (Å²) in [4.78, 5) is 12.8. The fourth-order valence-corrected chi connectivity index (χ4v) is 3.55. The molecule has 2 aromatic rings. The van der Waals surface area contributed by atoms with Crippen molar-refractivity contribution in [3.63, 3.8) is 0 Å². The molecule has 1 heterocycles. The molecule has 5 nitrogen and oxygen atoms in total. The Labute approximate surface area is 147 Å². The molecule has 0 unspecified atom stereocenters. The largest absolute Gasteiger partial charge is 0.455 e. The van der Waals surface area contributed by atoms with Gasteiger partial charge in [-0.1, -0.05) is 44.1 Å². The van der Waals surface area contributed by atoms with Gasteiger partial charge in [-0.05, 0) is 36.8 Å². The summed E-state index contributed by atoms with van der Waals surface area (Å²) in [5.41, 5.74) is 3.88. The Kier molecular flexibility index (Phi) is 4.41. The van der Waals surface area contributed by atoms with E-state index in [4.69, 9.17) is 4.42 Å². The van der Waals surface area contributed by atoms with Crippen molar-refractivity contribution in [2.75, 3.05) is 5.32 Å². The third-order valence-electron chi connectivity index (χ3n) is 4.77. The van der Waals surface area contributed by atoms with E-state index in [0.29, 0.717) is 18.6 Å². The summed E-state index contributed by atoms with van der Waals surface area (Å²) in [5, 5.41) is 15.8. The minimum Gasteiger partial charge on any atom is -0.455 e. The van der Waals surface area contributed by atoms with Crippen LogP contribution in [0.5, 0.6) is 0 Å². The first kappa shape index (κ1) is 17.3. The van der Waals surface area contributed by atoms with Crippen molar-refractivity contribution in [1.29, 1.82) is 0 Å². The second-order valence-corrected chi connectivity index (χ2v) is 7.38. The molecule has 1 aliphatic carbocycles. The van der Waals surface area contributed by atoms with Crippen molar-refractivity contribution in [3.8, 4) is 0 Å². The number of carbonyl (C=O) groups excluding carboxylic acids is 1. The summed E-state index contributed by atoms with van der Waals surface area (Å²) in [7, 11) is 0. The maximum Gasteiger partial charge on any atom is 0.291 e. The van der Waals surface area contributed by atoms with E-state index in [1.54, 1.807) is 0 Å². The quantitative estimate of drug-likeness (QED) is 0.635. The Morgan fingerprint density at radius 1 is 1.32 bits per heavy atom. The maximum atomic E-state index is 12.8. The average molecular weight is 340 g/mol. The number of para-hydroxylation sites is 1. The van der Waals surface area contributed by atoms with Crippen molar-refractivity contribution in [1.82, 2.24) is 0 Å². The molecule has 3 rings (SSSR count). The Morgan fingerprint density at radius 2 is 2.04 bits per heavy atom. The molecular formula is C20H24N2O3. The fraction of sp³-hybridized carbons (Fsp3) is 0.400. The van der Waals surface area contributed by atoms with Crippen molar-refractivity contribution < 1.29 is 14.4 Å². The molecule has 2 N–H and O–H groups in total. The number of hydrogen-bond acceptors (Lipinski definition) is 4. The number of furan rings is 1. The maximum absolute atomic E-state index is 12.8. The molecule has 0 spiro atoms. The van der Waals surface area contributed by atoms with Gasteiger partial charge in [0, 0.05) is 23.2 Å². The SMILES string of the molecule is CCc1ccccc1NC(=O)c1oc2c(c1C)/C(=N\O)CC(C)(C)C2. The minimum absolute atomic E-state index is 0.0680. The highest BCUT2D eigenvalue weighted by Crippen LogP contribution is 2.39. The van der Waals surface area contributed by atoms with Gasteiger partial charge in [0.15, 0.2) is 5.76 Å². The molecule has 0 bridgehead atoms. The second-order valence-electron chi connectivity index (χ2n) is 7.38. The molecule has 1 aromatic heterocycles. The molecule has 0 saturated heterocycles. The van der Waals surface area contributed by atoms with E-state index in [0.717, 1.165) is 34.6 Å². The van der Waals surface area contributed by atoms with Crippen molar-refractivity contribution in [2.45, 2.75) is 47.0 Å². The summed E-state index contributed by atoms with van der Waals surface area (Å²) >= 11 is 0. The summed E-state index contributed by atoms with van der Waals surface area (Å²) in [6.45, 7) is 8.08. The normalized spacial score (nSPS) is 17.4. The molecule has 0 atom stereocenters. The number of fused-ring (bicyclic) bond motifs is 1. The van der Waals surface area contributed by atoms with Crippen LogP contribution in [0.25, 0.3) is 0 Å². The zero-order valence-corrected chi connectivity index (χ0v) is 15.1. The first-order chi connectivity index (χ1) is 11.9. The van der Waals surface area contributed by atoms with E-state index in [-0.39, 0.29) is 17.1 Å². The fourth-order valence-electron chi connectivity index (χ4n) is 3.55. The van der Waals surface area contributed by atoms with Crippen LogP contribution in [0.15, 0.2) is 33.8 Å². The first-order valence-corrected chi connectivity index (χ1v) is 8.59. The number of nitrogens with one attached hydrogen (secondary N) is 1. The van der Waals surface area contributed by atoms with Gasteiger partial charge in [-0.25, -0.2) is 0 Å². The molecule has 5 heteroatoms. The zero-order chi connectivity index (χ0) is 18.2. The number of hydrogen-bond donors (Lipinski definition) is 2. The highest BCUT2D eigenvalue weighted by molar-refractivity contribution is 6.09. The van der Waals surface area contributed by atoms with E-state index < -0.39 is 0 Å². The standard InChI is InChI=1S/C20H24N2O3/c1-5-13-8-6-7-9-14(13)21-19(23)18-12(2)17-15(22-24)10-20(3,4)11-16(17)25-18/h6-9,24H,5,10-11H2,1-4H3,(H,21,23)/b22-15-. The number of rotatable bonds is 3. The highest BCUT2D eigenvalue weighted by Gasteiger charge is 2.36. The van der Waals surface area contributed by atoms with Gasteiger partial charge in [0.2, 0.25) is 0 Å². The van der Waals surface area contributed by atoms with Crippen LogP contribution >= 0.6 is 0 Å². The molecule has 0 fully saturated rings. The minimum atomic E-state index is -0.275. The summed E-state index contributed by atoms with van der Waals surface area (Å²) < 4.78 is 5.91. The van der Waals surface area contributed by atoms with Crippen LogP contribution in [0.4, 0.5) is 5.69 Å². The Hall–Kier alpha value is -2.56. The van der Waals surface area contributed by atoms with Crippen molar-refractivity contribution >= 4 is 17.3 Å². The number of carbonyl (C=O) groups is 1. The molecule has 0 radical (unpaired) electrons. The highest BCUT2D eigenvalue weighted by atomic mass is 16.4. The van der Waals surface area contributed by atoms with Gasteiger partial charge >= 0.3 is 0 Å². The molecule has 1 aromatic carbocycles. The van der Waals surface area contributed by atoms with Gasteiger partial charge in [-0.2, -0.15) is 0 Å². The van der Waals surface area contributed by atoms with Crippen LogP contribution < -0.4 is 5.32 Å². The van der Waals surface area contributed by atoms with Gasteiger partial charge in [0.1, 0.15) is 5.76 Å². The van der Waals surface area contributed by atoms with E-state index in [9.17, 15) is 10.0 Å². The van der Waals surface area contributed by atoms with Crippen molar-refractivity contribution in [2.24, 2.45) is 10.6 Å². The van der Waals surface area contributed by atoms with Crippen LogP contribution in [0.1, 0.15) is 60.2 Å². The van der Waals surface area contributed by atoms with Gasteiger partial charge in [-0.3, -0.25) is 4.79 Å². The number of oxime groups is 1. The Morgan fingerprint density at radius 3 is 2.72 bits per heavy atom. The van der Waals surface area contributed by atoms with Crippen molar-refractivity contribution in [3.05, 3.63) is 52.5 Å². The number of amides is 1. The van der Waals surface area contributed by atoms with E-state index in [1.807, 2.05) is 38.1 Å². The monoisotopic (exact) mass is 340 g/mol. The summed E-state index contributed by atoms with van der Waals surface area (Å²) in [5.74, 6) is 0.730. The second kappa shape index (κ2) is 6.39. The van der Waals surface area contributed by atoms with Crippen LogP contribution in [0.2, 0.25) is 0 Å². The van der Waals surface area contributed by atoms with E-state index in [1.165, 1.54) is 0 Å². The molecule has 1 amide bonds. The summed E-state index contributed by atoms with van der Waals surface area (Å²) in [6.07, 6.45) is 2.19. The Balaban J connectivity index is 1.97. The zero-order valence-electron chi connectivity index (χ0n) is 15.1. The molecule has 1 aliphatic rings. The van der Waals surface area contributed by atoms with Crippen LogP contribution in [-0.4, -0.2) is 16.8 Å². The number of benzene rings is 1. The lowest BCUT2D eigenvalue weighted by molar-refractivity contribution is 0.0992. The van der Waals surface area contributed by atoms with E-state index >= 15 is 0 Å². The predicted molar refractivity (Wildman–Crippen MR) is 97.6 cm³/mol. The third-order valence-corrected chi connectivity index (χ3v) is 4.77. The van der Waals surface area contributed by atoms with Crippen LogP contribution in [0.3, 0.4) is 0 Å². The Bertz CT molecular complexity index is 847. The van der Waals surface area contributed by atoms with E-state index in [2.05, 4.69) is 24.3 Å². The topological polar surface area (TPSA) is 74.8 Å². The van der Waals surface area contributed by atoms with Gasteiger partial charge < -0.3 is 14.9 Å². The predicted octanol–water partition coefficient (Wildman–Crippen LogP) is 4.55. The third kappa shape index (κ3) is 3.18. The number of nitrogens with zero attached hydrogens (tertiary/aromatic N) is 1. The smallest absolute Gasteiger partial charge is 0.291 e. The number of aryl methyl sites for hydroxylation is 1. The average Bonchev–Trinajstić information content (AvgIpc) is 2.90. The van der Waals surface area contributed by atoms with Gasteiger partial charge in [0.25, 0.3) is 5.91 Å². The lowest BCUT2D eigenvalue weighted by atomic mass is 9.75. The van der Waals surface area contributed by atoms with Gasteiger partial charge in [0.05, 0.1) is 5.71 Å². The lowest BCUT2D eigenvalue weighted by Crippen LogP contribution is -2.27. The van der Waals surface area contributed by atoms with Crippen LogP contribution in [0, 0.1) is 12.3 Å². The lowest BCUT2D eigenvalue weighted by Gasteiger charge is -2.28. The molecule has 25 heavy (non-hydrogen) atoms. The molecule has 132 valence electrons.